The predicted molar refractivity (Wildman–Crippen MR) is 84.8 cm³/mol. The summed E-state index contributed by atoms with van der Waals surface area (Å²) in [4.78, 5) is 24.1. The molecular weight excluding hydrogens is 312 g/mol. The number of ketones is 1. The van der Waals surface area contributed by atoms with Crippen LogP contribution in [0.5, 0.6) is 17.2 Å². The van der Waals surface area contributed by atoms with Gasteiger partial charge in [0.1, 0.15) is 5.75 Å². The highest BCUT2D eigenvalue weighted by Gasteiger charge is 2.16. The van der Waals surface area contributed by atoms with Crippen molar-refractivity contribution in [3.63, 3.8) is 0 Å². The Balaban J connectivity index is 1.65. The smallest absolute Gasteiger partial charge is 0.338 e. The summed E-state index contributed by atoms with van der Waals surface area (Å²) in [5, 5.41) is 9.35. The quantitative estimate of drug-likeness (QED) is 0.686. The number of phenols is 1. The van der Waals surface area contributed by atoms with E-state index < -0.39 is 12.6 Å². The minimum absolute atomic E-state index is 0.0429. The number of hydrogen-bond acceptors (Lipinski definition) is 6. The second kappa shape index (κ2) is 7.04. The molecule has 0 spiro atoms. The Kier molecular flexibility index (Phi) is 4.65. The topological polar surface area (TPSA) is 82.1 Å². The Morgan fingerprint density at radius 3 is 2.58 bits per heavy atom. The highest BCUT2D eigenvalue weighted by molar-refractivity contribution is 5.99. The molecule has 2 aromatic carbocycles. The van der Waals surface area contributed by atoms with Crippen molar-refractivity contribution < 1.29 is 28.9 Å². The lowest BCUT2D eigenvalue weighted by Gasteiger charge is -2.09. The maximum Gasteiger partial charge on any atom is 0.338 e. The first-order valence-electron chi connectivity index (χ1n) is 7.52. The van der Waals surface area contributed by atoms with Gasteiger partial charge in [-0.25, -0.2) is 4.79 Å². The zero-order valence-electron chi connectivity index (χ0n) is 12.9. The number of fused-ring (bicyclic) bond motifs is 1. The van der Waals surface area contributed by atoms with Gasteiger partial charge in [0, 0.05) is 12.0 Å². The molecule has 0 aliphatic carbocycles. The summed E-state index contributed by atoms with van der Waals surface area (Å²) in [5.74, 6) is 0.0462. The van der Waals surface area contributed by atoms with Gasteiger partial charge in [0.2, 0.25) is 0 Å². The first-order chi connectivity index (χ1) is 11.6. The van der Waals surface area contributed by atoms with E-state index in [9.17, 15) is 14.7 Å². The zero-order chi connectivity index (χ0) is 16.9. The molecule has 6 heteroatoms. The van der Waals surface area contributed by atoms with Crippen LogP contribution >= 0.6 is 0 Å². The third kappa shape index (κ3) is 3.65. The lowest BCUT2D eigenvalue weighted by Crippen LogP contribution is -2.14. The van der Waals surface area contributed by atoms with Gasteiger partial charge in [-0.1, -0.05) is 6.07 Å². The second-order valence-corrected chi connectivity index (χ2v) is 5.26. The molecule has 0 radical (unpaired) electrons. The molecule has 1 aliphatic heterocycles. The Bertz CT molecular complexity index is 768. The van der Waals surface area contributed by atoms with E-state index in [1.807, 2.05) is 0 Å². The van der Waals surface area contributed by atoms with Crippen LogP contribution in [0, 0.1) is 0 Å². The number of Topliss-reactive ketones (excluding diaryl/α,β-unsaturated/α-hetero) is 1. The number of aromatic hydroxyl groups is 1. The fourth-order valence-corrected chi connectivity index (χ4v) is 2.27. The number of phenolic OH excluding ortho intramolecular Hbond substituents is 1. The summed E-state index contributed by atoms with van der Waals surface area (Å²) in [6.45, 7) is 0.701. The number of hydrogen-bond donors (Lipinski definition) is 1. The molecule has 124 valence electrons. The molecule has 24 heavy (non-hydrogen) atoms. The molecule has 2 aromatic rings. The Hall–Kier alpha value is -3.02. The van der Waals surface area contributed by atoms with Gasteiger partial charge in [0.15, 0.2) is 23.9 Å². The molecule has 6 nitrogen and oxygen atoms in total. The fourth-order valence-electron chi connectivity index (χ4n) is 2.27. The van der Waals surface area contributed by atoms with Crippen LogP contribution in [0.15, 0.2) is 42.5 Å². The molecule has 0 saturated carbocycles. The maximum absolute atomic E-state index is 12.2. The predicted octanol–water partition coefficient (Wildman–Crippen LogP) is 2.59. The number of carbonyl (C=O) groups excluding carboxylic acids is 2. The standard InChI is InChI=1S/C18H16O6/c19-14-4-1-3-13(9-14)18(21)24-11-15(20)12-5-6-16-17(10-12)23-8-2-7-22-16/h1,3-6,9-10,19H,2,7-8,11H2. The first kappa shape index (κ1) is 15.9. The first-order valence-corrected chi connectivity index (χ1v) is 7.52. The summed E-state index contributed by atoms with van der Waals surface area (Å²) in [6, 6.07) is 10.6. The van der Waals surface area contributed by atoms with Gasteiger partial charge < -0.3 is 19.3 Å². The van der Waals surface area contributed by atoms with E-state index in [1.54, 1.807) is 18.2 Å². The summed E-state index contributed by atoms with van der Waals surface area (Å²) in [6.07, 6.45) is 0.777. The van der Waals surface area contributed by atoms with Crippen LogP contribution < -0.4 is 9.47 Å². The van der Waals surface area contributed by atoms with Gasteiger partial charge >= 0.3 is 5.97 Å². The minimum atomic E-state index is -0.673. The molecule has 0 atom stereocenters. The van der Waals surface area contributed by atoms with Crippen LogP contribution in [0.1, 0.15) is 27.1 Å². The molecule has 1 aliphatic rings. The largest absolute Gasteiger partial charge is 0.508 e. The van der Waals surface area contributed by atoms with Crippen LogP contribution in [-0.4, -0.2) is 36.7 Å². The van der Waals surface area contributed by atoms with Gasteiger partial charge in [-0.05, 0) is 36.4 Å². The van der Waals surface area contributed by atoms with Crippen molar-refractivity contribution in [1.82, 2.24) is 0 Å². The van der Waals surface area contributed by atoms with Crippen molar-refractivity contribution in [3.05, 3.63) is 53.6 Å². The lowest BCUT2D eigenvalue weighted by molar-refractivity contribution is 0.0474. The average molecular weight is 328 g/mol. The fraction of sp³-hybridized carbons (Fsp3) is 0.222. The molecule has 0 aromatic heterocycles. The number of rotatable bonds is 4. The summed E-state index contributed by atoms with van der Waals surface area (Å²) < 4.78 is 16.0. The van der Waals surface area contributed by atoms with Crippen molar-refractivity contribution in [1.29, 1.82) is 0 Å². The van der Waals surface area contributed by atoms with Crippen LogP contribution in [-0.2, 0) is 4.74 Å². The van der Waals surface area contributed by atoms with Crippen molar-refractivity contribution in [2.24, 2.45) is 0 Å². The van der Waals surface area contributed by atoms with Gasteiger partial charge in [-0.3, -0.25) is 4.79 Å². The summed E-state index contributed by atoms with van der Waals surface area (Å²) in [5.41, 5.74) is 0.560. The molecule has 1 heterocycles. The molecule has 1 N–H and O–H groups in total. The van der Waals surface area contributed by atoms with E-state index in [0.29, 0.717) is 30.3 Å². The molecule has 0 saturated heterocycles. The Morgan fingerprint density at radius 2 is 1.79 bits per heavy atom. The number of carbonyl (C=O) groups is 2. The zero-order valence-corrected chi connectivity index (χ0v) is 12.9. The van der Waals surface area contributed by atoms with Crippen LogP contribution in [0.4, 0.5) is 0 Å². The SMILES string of the molecule is O=C(COC(=O)c1cccc(O)c1)c1ccc2c(c1)OCCCO2. The monoisotopic (exact) mass is 328 g/mol. The number of esters is 1. The molecular formula is C18H16O6. The van der Waals surface area contributed by atoms with Gasteiger partial charge in [-0.15, -0.1) is 0 Å². The van der Waals surface area contributed by atoms with Crippen molar-refractivity contribution >= 4 is 11.8 Å². The summed E-state index contributed by atoms with van der Waals surface area (Å²) >= 11 is 0. The van der Waals surface area contributed by atoms with Gasteiger partial charge in [-0.2, -0.15) is 0 Å². The van der Waals surface area contributed by atoms with Crippen molar-refractivity contribution in [2.45, 2.75) is 6.42 Å². The van der Waals surface area contributed by atoms with E-state index in [2.05, 4.69) is 0 Å². The third-order valence-corrected chi connectivity index (χ3v) is 3.49. The van der Waals surface area contributed by atoms with Gasteiger partial charge in [0.05, 0.1) is 18.8 Å². The van der Waals surface area contributed by atoms with E-state index in [4.69, 9.17) is 14.2 Å². The Morgan fingerprint density at radius 1 is 1.00 bits per heavy atom. The van der Waals surface area contributed by atoms with Crippen molar-refractivity contribution in [3.8, 4) is 17.2 Å². The van der Waals surface area contributed by atoms with Crippen LogP contribution in [0.25, 0.3) is 0 Å². The van der Waals surface area contributed by atoms with E-state index in [1.165, 1.54) is 24.3 Å². The summed E-state index contributed by atoms with van der Waals surface area (Å²) in [7, 11) is 0. The maximum atomic E-state index is 12.2. The second-order valence-electron chi connectivity index (χ2n) is 5.26. The normalized spacial score (nSPS) is 13.0. The molecule has 0 fully saturated rings. The van der Waals surface area contributed by atoms with Gasteiger partial charge in [0.25, 0.3) is 0 Å². The van der Waals surface area contributed by atoms with E-state index in [-0.39, 0.29) is 17.1 Å². The number of benzene rings is 2. The molecule has 0 bridgehead atoms. The molecule has 0 unspecified atom stereocenters. The highest BCUT2D eigenvalue weighted by Crippen LogP contribution is 2.30. The molecule has 0 amide bonds. The van der Waals surface area contributed by atoms with Crippen molar-refractivity contribution in [2.75, 3.05) is 19.8 Å². The van der Waals surface area contributed by atoms with Crippen LogP contribution in [0.3, 0.4) is 0 Å². The molecule has 3 rings (SSSR count). The Labute approximate surface area is 138 Å². The van der Waals surface area contributed by atoms with E-state index >= 15 is 0 Å². The number of ether oxygens (including phenoxy) is 3. The average Bonchev–Trinajstić information content (AvgIpc) is 2.84. The highest BCUT2D eigenvalue weighted by atomic mass is 16.5. The lowest BCUT2D eigenvalue weighted by atomic mass is 10.1. The van der Waals surface area contributed by atoms with Crippen LogP contribution in [0.2, 0.25) is 0 Å². The van der Waals surface area contributed by atoms with E-state index in [0.717, 1.165) is 6.42 Å². The minimum Gasteiger partial charge on any atom is -0.508 e. The third-order valence-electron chi connectivity index (χ3n) is 3.49.